The Labute approximate surface area is 104 Å². The molecule has 96 valence electrons. The van der Waals surface area contributed by atoms with Crippen molar-refractivity contribution in [2.24, 2.45) is 0 Å². The van der Waals surface area contributed by atoms with Gasteiger partial charge in [-0.25, -0.2) is 4.68 Å². The minimum absolute atomic E-state index is 0.209. The average Bonchev–Trinajstić information content (AvgIpc) is 2.57. The fourth-order valence-electron chi connectivity index (χ4n) is 1.71. The Hall–Kier alpha value is -1.86. The standard InChI is InChI=1S/C11H12N2O4S/c1-7-3-4-9(6-10(7)18(15,16)17)13-11(14)5-8(2)12-13/h3-6,12H,1-2H3,(H,15,16,17). The van der Waals surface area contributed by atoms with Gasteiger partial charge >= 0.3 is 0 Å². The van der Waals surface area contributed by atoms with Gasteiger partial charge in [0.1, 0.15) is 0 Å². The molecule has 7 heteroatoms. The SMILES string of the molecule is Cc1cc(=O)n(-c2ccc(C)c(S(=O)(=O)O)c2)[nH]1. The predicted molar refractivity (Wildman–Crippen MR) is 65.7 cm³/mol. The fraction of sp³-hybridized carbons (Fsp3) is 0.182. The smallest absolute Gasteiger partial charge is 0.294 e. The van der Waals surface area contributed by atoms with Gasteiger partial charge in [-0.05, 0) is 31.5 Å². The first-order valence-electron chi connectivity index (χ1n) is 5.16. The molecule has 0 aliphatic rings. The van der Waals surface area contributed by atoms with Crippen LogP contribution in [0.25, 0.3) is 5.69 Å². The van der Waals surface area contributed by atoms with E-state index in [1.54, 1.807) is 19.9 Å². The maximum Gasteiger partial charge on any atom is 0.294 e. The number of benzene rings is 1. The normalized spacial score (nSPS) is 11.7. The van der Waals surface area contributed by atoms with Gasteiger partial charge < -0.3 is 0 Å². The number of aromatic amines is 1. The number of aryl methyl sites for hydroxylation is 2. The molecule has 0 atom stereocenters. The van der Waals surface area contributed by atoms with E-state index in [0.29, 0.717) is 16.9 Å². The maximum absolute atomic E-state index is 11.6. The summed E-state index contributed by atoms with van der Waals surface area (Å²) in [5, 5.41) is 2.79. The van der Waals surface area contributed by atoms with E-state index in [1.807, 2.05) is 0 Å². The molecule has 1 heterocycles. The van der Waals surface area contributed by atoms with Crippen molar-refractivity contribution in [1.29, 1.82) is 0 Å². The van der Waals surface area contributed by atoms with E-state index in [1.165, 1.54) is 22.9 Å². The summed E-state index contributed by atoms with van der Waals surface area (Å²) in [4.78, 5) is 11.4. The van der Waals surface area contributed by atoms with Gasteiger partial charge in [-0.3, -0.25) is 14.4 Å². The molecule has 6 nitrogen and oxygen atoms in total. The molecule has 0 saturated carbocycles. The van der Waals surface area contributed by atoms with Crippen molar-refractivity contribution in [2.75, 3.05) is 0 Å². The van der Waals surface area contributed by atoms with E-state index in [-0.39, 0.29) is 10.5 Å². The number of rotatable bonds is 2. The molecule has 2 rings (SSSR count). The summed E-state index contributed by atoms with van der Waals surface area (Å²) in [6.45, 7) is 3.28. The molecule has 2 aromatic rings. The van der Waals surface area contributed by atoms with Crippen LogP contribution >= 0.6 is 0 Å². The van der Waals surface area contributed by atoms with Crippen LogP contribution in [0, 0.1) is 13.8 Å². The summed E-state index contributed by atoms with van der Waals surface area (Å²) in [7, 11) is -4.30. The molecule has 1 aromatic carbocycles. The number of hydrogen-bond donors (Lipinski definition) is 2. The highest BCUT2D eigenvalue weighted by molar-refractivity contribution is 7.85. The molecule has 0 fully saturated rings. The Kier molecular flexibility index (Phi) is 2.88. The minimum Gasteiger partial charge on any atom is -0.295 e. The zero-order valence-corrected chi connectivity index (χ0v) is 10.7. The molecular weight excluding hydrogens is 256 g/mol. The van der Waals surface area contributed by atoms with Gasteiger partial charge in [-0.2, -0.15) is 8.42 Å². The van der Waals surface area contributed by atoms with Crippen molar-refractivity contribution < 1.29 is 13.0 Å². The summed E-state index contributed by atoms with van der Waals surface area (Å²) >= 11 is 0. The molecule has 0 aliphatic heterocycles. The number of nitrogens with zero attached hydrogens (tertiary/aromatic N) is 1. The Morgan fingerprint density at radius 1 is 1.22 bits per heavy atom. The van der Waals surface area contributed by atoms with Crippen molar-refractivity contribution in [3.05, 3.63) is 45.9 Å². The van der Waals surface area contributed by atoms with Crippen LogP contribution in [0.5, 0.6) is 0 Å². The molecule has 0 spiro atoms. The van der Waals surface area contributed by atoms with Gasteiger partial charge in [0.2, 0.25) is 0 Å². The lowest BCUT2D eigenvalue weighted by molar-refractivity contribution is 0.482. The zero-order chi connectivity index (χ0) is 13.5. The van der Waals surface area contributed by atoms with Crippen LogP contribution < -0.4 is 5.56 Å². The summed E-state index contributed by atoms with van der Waals surface area (Å²) in [6, 6.07) is 5.78. The van der Waals surface area contributed by atoms with Crippen LogP contribution in [0.2, 0.25) is 0 Å². The molecule has 2 N–H and O–H groups in total. The van der Waals surface area contributed by atoms with E-state index < -0.39 is 10.1 Å². The highest BCUT2D eigenvalue weighted by atomic mass is 32.2. The lowest BCUT2D eigenvalue weighted by atomic mass is 10.2. The summed E-state index contributed by atoms with van der Waals surface area (Å²) < 4.78 is 32.7. The van der Waals surface area contributed by atoms with Crippen molar-refractivity contribution in [3.63, 3.8) is 0 Å². The molecule has 1 aromatic heterocycles. The van der Waals surface area contributed by atoms with E-state index >= 15 is 0 Å². The molecule has 18 heavy (non-hydrogen) atoms. The maximum atomic E-state index is 11.6. The summed E-state index contributed by atoms with van der Waals surface area (Å²) in [5.41, 5.74) is 1.13. The van der Waals surface area contributed by atoms with Gasteiger partial charge in [0.15, 0.2) is 0 Å². The van der Waals surface area contributed by atoms with E-state index in [4.69, 9.17) is 4.55 Å². The monoisotopic (exact) mass is 268 g/mol. The lowest BCUT2D eigenvalue weighted by Crippen LogP contribution is -2.14. The first kappa shape index (κ1) is 12.6. The third-order valence-corrected chi connectivity index (χ3v) is 3.55. The van der Waals surface area contributed by atoms with E-state index in [2.05, 4.69) is 5.10 Å². The largest absolute Gasteiger partial charge is 0.295 e. The van der Waals surface area contributed by atoms with E-state index in [0.717, 1.165) is 0 Å². The lowest BCUT2D eigenvalue weighted by Gasteiger charge is -2.06. The van der Waals surface area contributed by atoms with Gasteiger partial charge in [0.25, 0.3) is 15.7 Å². The molecule has 0 unspecified atom stereocenters. The Bertz CT molecular complexity index is 756. The van der Waals surface area contributed by atoms with Gasteiger partial charge in [-0.1, -0.05) is 6.07 Å². The van der Waals surface area contributed by atoms with Crippen LogP contribution in [0.15, 0.2) is 34.0 Å². The zero-order valence-electron chi connectivity index (χ0n) is 9.84. The number of aromatic nitrogens is 2. The van der Waals surface area contributed by atoms with Gasteiger partial charge in [0.05, 0.1) is 10.6 Å². The van der Waals surface area contributed by atoms with Crippen molar-refractivity contribution in [1.82, 2.24) is 9.78 Å². The highest BCUT2D eigenvalue weighted by Gasteiger charge is 2.15. The van der Waals surface area contributed by atoms with Crippen molar-refractivity contribution >= 4 is 10.1 Å². The predicted octanol–water partition coefficient (Wildman–Crippen LogP) is 1.03. The quantitative estimate of drug-likeness (QED) is 0.796. The van der Waals surface area contributed by atoms with Crippen LogP contribution in [-0.2, 0) is 10.1 Å². The Balaban J connectivity index is 2.69. The Morgan fingerprint density at radius 2 is 1.89 bits per heavy atom. The summed E-state index contributed by atoms with van der Waals surface area (Å²) in [6.07, 6.45) is 0. The average molecular weight is 268 g/mol. The first-order valence-corrected chi connectivity index (χ1v) is 6.60. The first-order chi connectivity index (χ1) is 8.29. The second kappa shape index (κ2) is 4.11. The molecule has 0 radical (unpaired) electrons. The third-order valence-electron chi connectivity index (χ3n) is 2.56. The molecule has 0 saturated heterocycles. The number of H-pyrrole nitrogens is 1. The van der Waals surface area contributed by atoms with Crippen LogP contribution in [0.3, 0.4) is 0 Å². The molecule has 0 aliphatic carbocycles. The second-order valence-corrected chi connectivity index (χ2v) is 5.43. The van der Waals surface area contributed by atoms with E-state index in [9.17, 15) is 13.2 Å². The summed E-state index contributed by atoms with van der Waals surface area (Å²) in [5.74, 6) is 0. The Morgan fingerprint density at radius 3 is 2.39 bits per heavy atom. The van der Waals surface area contributed by atoms with Crippen LogP contribution in [0.1, 0.15) is 11.3 Å². The third kappa shape index (κ3) is 2.22. The van der Waals surface area contributed by atoms with Crippen LogP contribution in [0.4, 0.5) is 0 Å². The van der Waals surface area contributed by atoms with Gasteiger partial charge in [-0.15, -0.1) is 0 Å². The second-order valence-electron chi connectivity index (χ2n) is 4.04. The minimum atomic E-state index is -4.30. The highest BCUT2D eigenvalue weighted by Crippen LogP contribution is 2.18. The molecular formula is C11H12N2O4S. The van der Waals surface area contributed by atoms with Crippen molar-refractivity contribution in [2.45, 2.75) is 18.7 Å². The topological polar surface area (TPSA) is 92.2 Å². The molecule has 0 amide bonds. The van der Waals surface area contributed by atoms with Gasteiger partial charge in [0, 0.05) is 11.8 Å². The fourth-order valence-corrected chi connectivity index (χ4v) is 2.46. The number of nitrogens with one attached hydrogen (secondary N) is 1. The van der Waals surface area contributed by atoms with Crippen LogP contribution in [-0.4, -0.2) is 22.8 Å². The number of hydrogen-bond acceptors (Lipinski definition) is 3. The molecule has 0 bridgehead atoms. The van der Waals surface area contributed by atoms with Crippen molar-refractivity contribution in [3.8, 4) is 5.69 Å².